The van der Waals surface area contributed by atoms with Crippen LogP contribution in [-0.2, 0) is 54.6 Å². The Morgan fingerprint density at radius 1 is 0.646 bits per heavy atom. The number of aromatic nitrogens is 3. The maximum atomic E-state index is 14.8. The number of hydrogen-bond donors (Lipinski definition) is 1. The number of likely N-dealkylation sites (tertiary alicyclic amines) is 2. The number of piperazine rings is 1. The number of carbonyl (C=O) groups excluding carboxylic acids is 4. The highest BCUT2D eigenvalue weighted by atomic mass is 16.5. The van der Waals surface area contributed by atoms with Crippen molar-refractivity contribution in [3.05, 3.63) is 147 Å². The highest BCUT2D eigenvalue weighted by Crippen LogP contribution is 2.42. The second-order valence-electron chi connectivity index (χ2n) is 23.4. The molecular weight excluding hydrogens is 993 g/mol. The van der Waals surface area contributed by atoms with Crippen molar-refractivity contribution in [1.29, 1.82) is 0 Å². The fourth-order valence-electron chi connectivity index (χ4n) is 13.9. The zero-order chi connectivity index (χ0) is 54.5. The van der Waals surface area contributed by atoms with Crippen molar-refractivity contribution < 1.29 is 28.7 Å². The molecule has 15 heteroatoms. The van der Waals surface area contributed by atoms with Crippen LogP contribution in [0.1, 0.15) is 124 Å². The average molecular weight is 1070 g/mol. The molecule has 3 amide bonds. The van der Waals surface area contributed by atoms with E-state index in [0.29, 0.717) is 69.0 Å². The van der Waals surface area contributed by atoms with Gasteiger partial charge in [-0.25, -0.2) is 9.48 Å². The number of rotatable bonds is 14. The third kappa shape index (κ3) is 11.5. The molecule has 2 saturated carbocycles. The summed E-state index contributed by atoms with van der Waals surface area (Å²) in [6, 6.07) is 33.1. The van der Waals surface area contributed by atoms with Crippen molar-refractivity contribution in [3.8, 4) is 0 Å². The van der Waals surface area contributed by atoms with Gasteiger partial charge in [0, 0.05) is 68.9 Å². The van der Waals surface area contributed by atoms with Crippen LogP contribution in [0.25, 0.3) is 21.8 Å². The maximum absolute atomic E-state index is 14.8. The smallest absolute Gasteiger partial charge is 0.318 e. The van der Waals surface area contributed by atoms with Gasteiger partial charge in [-0.05, 0) is 130 Å². The number of carbonyl (C=O) groups is 4. The molecule has 1 atom stereocenters. The number of pyridine rings is 1. The summed E-state index contributed by atoms with van der Waals surface area (Å²) in [5.41, 5.74) is 4.30. The molecule has 4 aromatic carbocycles. The molecule has 5 heterocycles. The van der Waals surface area contributed by atoms with Gasteiger partial charge < -0.3 is 29.5 Å². The number of aryl methyl sites for hydroxylation is 1. The Kier molecular flexibility index (Phi) is 16.3. The first-order chi connectivity index (χ1) is 38.5. The maximum Gasteiger partial charge on any atom is 0.318 e. The Hall–Kier alpha value is -6.84. The van der Waals surface area contributed by atoms with Gasteiger partial charge in [-0.2, -0.15) is 5.10 Å². The number of hydrogen-bond acceptors (Lipinski definition) is 10. The molecule has 2 aromatic heterocycles. The summed E-state index contributed by atoms with van der Waals surface area (Å²) < 4.78 is 15.5. The van der Waals surface area contributed by atoms with Gasteiger partial charge in [0.05, 0.1) is 21.9 Å². The van der Waals surface area contributed by atoms with E-state index in [1.54, 1.807) is 14.1 Å². The van der Waals surface area contributed by atoms with E-state index in [1.807, 2.05) is 121 Å². The second-order valence-corrected chi connectivity index (χ2v) is 23.4. The lowest BCUT2D eigenvalue weighted by Crippen LogP contribution is -2.59. The third-order valence-electron chi connectivity index (χ3n) is 18.5. The van der Waals surface area contributed by atoms with Crippen LogP contribution in [0.5, 0.6) is 0 Å². The van der Waals surface area contributed by atoms with Crippen LogP contribution in [0.2, 0.25) is 0 Å². The van der Waals surface area contributed by atoms with E-state index in [0.717, 1.165) is 129 Å². The predicted octanol–water partition coefficient (Wildman–Crippen LogP) is 9.20. The molecule has 15 nitrogen and oxygen atoms in total. The molecule has 3 aliphatic heterocycles. The molecule has 3 saturated heterocycles. The highest BCUT2D eigenvalue weighted by Gasteiger charge is 2.44. The monoisotopic (exact) mass is 1070 g/mol. The zero-order valence-corrected chi connectivity index (χ0v) is 46.3. The summed E-state index contributed by atoms with van der Waals surface area (Å²) in [7, 11) is 2.17. The molecule has 0 spiro atoms. The van der Waals surface area contributed by atoms with Crippen molar-refractivity contribution in [1.82, 2.24) is 39.3 Å². The lowest BCUT2D eigenvalue weighted by atomic mass is 9.69. The van der Waals surface area contributed by atoms with Gasteiger partial charge in [0.2, 0.25) is 5.91 Å². The van der Waals surface area contributed by atoms with E-state index in [2.05, 4.69) is 22.2 Å². The number of ether oxygens (including phenoxy) is 2. The minimum Gasteiger partial charge on any atom is -0.443 e. The fraction of sp³-hybridized carbons (Fsp3) is 0.500. The van der Waals surface area contributed by atoms with Crippen LogP contribution >= 0.6 is 0 Å². The van der Waals surface area contributed by atoms with Gasteiger partial charge in [-0.1, -0.05) is 123 Å². The summed E-state index contributed by atoms with van der Waals surface area (Å²) >= 11 is 0. The number of urea groups is 1. The SMILES string of the molecule is Cc1cc(C[C@@H](NC(=O)N2CCC(c3cc4ccccc4n(COC(=O)C4(c5ccccc5)CCCCC4)c3=O)CC2)C(=O)N2CCN(C3CCN(C)CC3)CC2)cc2cn(COC(=O)C3(c4ccccc4)CCCCC3)nc12. The van der Waals surface area contributed by atoms with Gasteiger partial charge in [0.15, 0.2) is 13.5 Å². The minimum absolute atomic E-state index is 0.0174. The Balaban J connectivity index is 0.784. The normalized spacial score (nSPS) is 20.0. The lowest BCUT2D eigenvalue weighted by molar-refractivity contribution is -0.157. The molecule has 6 aromatic rings. The van der Waals surface area contributed by atoms with Crippen LogP contribution in [0.3, 0.4) is 0 Å². The van der Waals surface area contributed by atoms with Gasteiger partial charge in [0.1, 0.15) is 6.04 Å². The summed E-state index contributed by atoms with van der Waals surface area (Å²) in [4.78, 5) is 80.7. The molecule has 79 heavy (non-hydrogen) atoms. The van der Waals surface area contributed by atoms with E-state index in [-0.39, 0.29) is 55.2 Å². The minimum atomic E-state index is -0.831. The Bertz CT molecular complexity index is 3180. The van der Waals surface area contributed by atoms with Gasteiger partial charge in [0.25, 0.3) is 5.56 Å². The molecule has 5 fully saturated rings. The first kappa shape index (κ1) is 54.1. The molecule has 0 bridgehead atoms. The first-order valence-electron chi connectivity index (χ1n) is 29.3. The summed E-state index contributed by atoms with van der Waals surface area (Å²) in [5.74, 6) is -0.745. The molecule has 5 aliphatic rings. The Morgan fingerprint density at radius 3 is 1.85 bits per heavy atom. The van der Waals surface area contributed by atoms with Crippen molar-refractivity contribution >= 4 is 45.7 Å². The van der Waals surface area contributed by atoms with E-state index in [1.165, 1.54) is 0 Å². The van der Waals surface area contributed by atoms with Crippen LogP contribution in [-0.4, -0.2) is 129 Å². The van der Waals surface area contributed by atoms with Crippen LogP contribution in [0.15, 0.2) is 114 Å². The lowest BCUT2D eigenvalue weighted by Gasteiger charge is -2.43. The van der Waals surface area contributed by atoms with Crippen LogP contribution in [0.4, 0.5) is 4.79 Å². The van der Waals surface area contributed by atoms with Gasteiger partial charge >= 0.3 is 18.0 Å². The topological polar surface area (TPSA) is 152 Å². The van der Waals surface area contributed by atoms with Crippen LogP contribution in [0, 0.1) is 6.92 Å². The van der Waals surface area contributed by atoms with Crippen molar-refractivity contribution in [2.75, 3.05) is 59.4 Å². The number of benzene rings is 4. The quantitative estimate of drug-likeness (QED) is 0.105. The van der Waals surface area contributed by atoms with Crippen molar-refractivity contribution in [2.45, 2.75) is 146 Å². The Morgan fingerprint density at radius 2 is 1.23 bits per heavy atom. The highest BCUT2D eigenvalue weighted by molar-refractivity contribution is 5.89. The molecule has 416 valence electrons. The molecule has 0 unspecified atom stereocenters. The summed E-state index contributed by atoms with van der Waals surface area (Å²) in [6.45, 7) is 7.51. The van der Waals surface area contributed by atoms with Crippen LogP contribution < -0.4 is 10.9 Å². The van der Waals surface area contributed by atoms with Gasteiger partial charge in [-0.15, -0.1) is 0 Å². The van der Waals surface area contributed by atoms with Crippen molar-refractivity contribution in [2.24, 2.45) is 0 Å². The number of amides is 3. The molecule has 2 aliphatic carbocycles. The second kappa shape index (κ2) is 23.9. The third-order valence-corrected chi connectivity index (χ3v) is 18.5. The molecule has 11 rings (SSSR count). The average Bonchev–Trinajstić information content (AvgIpc) is 3.92. The predicted molar refractivity (Wildman–Crippen MR) is 306 cm³/mol. The number of esters is 2. The number of para-hydroxylation sites is 1. The zero-order valence-electron chi connectivity index (χ0n) is 46.3. The van der Waals surface area contributed by atoms with E-state index >= 15 is 0 Å². The fourth-order valence-corrected chi connectivity index (χ4v) is 13.9. The van der Waals surface area contributed by atoms with E-state index in [4.69, 9.17) is 14.6 Å². The number of nitrogens with one attached hydrogen (secondary N) is 1. The summed E-state index contributed by atoms with van der Waals surface area (Å²) in [5, 5.41) is 9.81. The number of nitrogens with zero attached hydrogens (tertiary/aromatic N) is 7. The van der Waals surface area contributed by atoms with E-state index < -0.39 is 16.9 Å². The number of fused-ring (bicyclic) bond motifs is 2. The molecule has 1 N–H and O–H groups in total. The summed E-state index contributed by atoms with van der Waals surface area (Å²) in [6.07, 6.45) is 14.5. The van der Waals surface area contributed by atoms with E-state index in [9.17, 15) is 24.0 Å². The molecular formula is C64H78N8O7. The standard InChI is InChI=1S/C64H78N8O7/c1-46-39-47(40-50-43-71(66-57(46)50)44-78-60(75)63(27-13-5-14-28-63)51-18-7-3-8-19-51)41-55(59(74)69-37-35-68(36-38-69)53-25-31-67(2)32-26-53)65-62(77)70-33-23-48(24-34-70)54-42-49-17-11-12-22-56(49)72(58(54)73)45-79-61(76)64(29-15-6-16-30-64)52-20-9-4-10-21-52/h3-4,7-12,17-22,39-40,42-43,48,53,55H,5-6,13-16,23-38,41,44-45H2,1-2H3,(H,65,77)/t55-/m1/s1. The number of piperidine rings is 2. The Labute approximate surface area is 464 Å². The largest absolute Gasteiger partial charge is 0.443 e. The first-order valence-corrected chi connectivity index (χ1v) is 29.3. The molecule has 0 radical (unpaired) electrons. The van der Waals surface area contributed by atoms with Gasteiger partial charge in [-0.3, -0.25) is 28.6 Å². The van der Waals surface area contributed by atoms with Crippen molar-refractivity contribution in [3.63, 3.8) is 0 Å².